The van der Waals surface area contributed by atoms with E-state index in [1.165, 1.54) is 24.0 Å². The van der Waals surface area contributed by atoms with Crippen LogP contribution >= 0.6 is 0 Å². The fourth-order valence-electron chi connectivity index (χ4n) is 3.01. The van der Waals surface area contributed by atoms with Gasteiger partial charge in [0.15, 0.2) is 11.5 Å². The van der Waals surface area contributed by atoms with Crippen molar-refractivity contribution in [3.63, 3.8) is 0 Å². The molecule has 2 aliphatic heterocycles. The second kappa shape index (κ2) is 5.25. The number of hydrogen-bond donors (Lipinski definition) is 0. The Labute approximate surface area is 114 Å². The molecule has 0 spiro atoms. The highest BCUT2D eigenvalue weighted by atomic mass is 16.6. The third kappa shape index (κ3) is 2.61. The van der Waals surface area contributed by atoms with Crippen molar-refractivity contribution in [1.82, 2.24) is 4.90 Å². The van der Waals surface area contributed by atoms with Gasteiger partial charge in [-0.2, -0.15) is 0 Å². The average molecular weight is 259 g/mol. The highest BCUT2D eigenvalue weighted by Crippen LogP contribution is 2.38. The minimum atomic E-state index is 0.493. The van der Waals surface area contributed by atoms with E-state index < -0.39 is 0 Å². The average Bonchev–Trinajstić information content (AvgIpc) is 2.85. The van der Waals surface area contributed by atoms with Crippen molar-refractivity contribution in [1.29, 1.82) is 0 Å². The van der Waals surface area contributed by atoms with Crippen molar-refractivity contribution in [3.8, 4) is 11.5 Å². The summed E-state index contributed by atoms with van der Waals surface area (Å²) in [5.74, 6) is 1.77. The molecular formula is C16H21NO2. The Morgan fingerprint density at radius 1 is 1.32 bits per heavy atom. The fourth-order valence-corrected chi connectivity index (χ4v) is 3.01. The molecule has 0 N–H and O–H groups in total. The number of rotatable bonds is 3. The Morgan fingerprint density at radius 3 is 2.89 bits per heavy atom. The van der Waals surface area contributed by atoms with Gasteiger partial charge in [-0.25, -0.2) is 0 Å². The van der Waals surface area contributed by atoms with Crippen LogP contribution in [0.4, 0.5) is 0 Å². The summed E-state index contributed by atoms with van der Waals surface area (Å²) in [6.07, 6.45) is 2.47. The van der Waals surface area contributed by atoms with Crippen LogP contribution < -0.4 is 9.47 Å². The van der Waals surface area contributed by atoms with Gasteiger partial charge in [-0.15, -0.1) is 0 Å². The molecule has 2 heterocycles. The lowest BCUT2D eigenvalue weighted by Gasteiger charge is -2.26. The van der Waals surface area contributed by atoms with Gasteiger partial charge in [0.2, 0.25) is 0 Å². The minimum Gasteiger partial charge on any atom is -0.486 e. The van der Waals surface area contributed by atoms with E-state index in [1.54, 1.807) is 0 Å². The number of benzene rings is 1. The van der Waals surface area contributed by atoms with E-state index in [9.17, 15) is 0 Å². The zero-order valence-corrected chi connectivity index (χ0v) is 11.5. The van der Waals surface area contributed by atoms with Crippen molar-refractivity contribution in [2.45, 2.75) is 25.8 Å². The highest BCUT2D eigenvalue weighted by Gasteiger charge is 2.26. The first-order valence-electron chi connectivity index (χ1n) is 7.02. The van der Waals surface area contributed by atoms with E-state index in [1.807, 2.05) is 6.07 Å². The van der Waals surface area contributed by atoms with Crippen molar-refractivity contribution in [2.24, 2.45) is 0 Å². The van der Waals surface area contributed by atoms with Gasteiger partial charge >= 0.3 is 0 Å². The van der Waals surface area contributed by atoms with Crippen LogP contribution in [0, 0.1) is 0 Å². The van der Waals surface area contributed by atoms with Crippen LogP contribution in [0.5, 0.6) is 11.5 Å². The van der Waals surface area contributed by atoms with Crippen molar-refractivity contribution in [2.75, 3.05) is 26.3 Å². The summed E-state index contributed by atoms with van der Waals surface area (Å²) in [6, 6.07) is 6.86. The molecule has 0 aliphatic carbocycles. The van der Waals surface area contributed by atoms with Crippen molar-refractivity contribution < 1.29 is 9.47 Å². The largest absolute Gasteiger partial charge is 0.486 e. The summed E-state index contributed by atoms with van der Waals surface area (Å²) in [5, 5.41) is 0. The molecule has 3 nitrogen and oxygen atoms in total. The zero-order valence-electron chi connectivity index (χ0n) is 11.5. The zero-order chi connectivity index (χ0) is 13.2. The van der Waals surface area contributed by atoms with Gasteiger partial charge in [-0.3, -0.25) is 4.90 Å². The quantitative estimate of drug-likeness (QED) is 0.778. The van der Waals surface area contributed by atoms with E-state index in [4.69, 9.17) is 9.47 Å². The molecule has 1 atom stereocenters. The standard InChI is InChI=1S/C16H21NO2/c1-12(2)11-17-7-3-4-14(17)13-5-6-15-16(10-13)19-9-8-18-15/h5-6,10,14H,1,3-4,7-9,11H2,2H3. The Balaban J connectivity index is 1.82. The molecule has 102 valence electrons. The van der Waals surface area contributed by atoms with Crippen LogP contribution in [0.25, 0.3) is 0 Å². The SMILES string of the molecule is C=C(C)CN1CCCC1c1ccc2c(c1)OCCO2. The van der Waals surface area contributed by atoms with E-state index >= 15 is 0 Å². The lowest BCUT2D eigenvalue weighted by atomic mass is 10.0. The Kier molecular flexibility index (Phi) is 3.47. The first-order valence-corrected chi connectivity index (χ1v) is 7.02. The van der Waals surface area contributed by atoms with E-state index in [2.05, 4.69) is 30.5 Å². The molecule has 1 saturated heterocycles. The van der Waals surface area contributed by atoms with Gasteiger partial charge in [0.1, 0.15) is 13.2 Å². The first kappa shape index (κ1) is 12.5. The number of hydrogen-bond acceptors (Lipinski definition) is 3. The molecule has 1 unspecified atom stereocenters. The van der Waals surface area contributed by atoms with Crippen LogP contribution in [0.15, 0.2) is 30.4 Å². The van der Waals surface area contributed by atoms with Gasteiger partial charge in [-0.1, -0.05) is 18.2 Å². The molecule has 0 amide bonds. The van der Waals surface area contributed by atoms with Gasteiger partial charge in [-0.05, 0) is 44.0 Å². The smallest absolute Gasteiger partial charge is 0.161 e. The third-order valence-corrected chi connectivity index (χ3v) is 3.79. The summed E-state index contributed by atoms with van der Waals surface area (Å²) < 4.78 is 11.3. The number of ether oxygens (including phenoxy) is 2. The van der Waals surface area contributed by atoms with Crippen LogP contribution in [-0.2, 0) is 0 Å². The third-order valence-electron chi connectivity index (χ3n) is 3.79. The summed E-state index contributed by atoms with van der Waals surface area (Å²) in [5.41, 5.74) is 2.56. The molecule has 0 aromatic heterocycles. The molecule has 3 rings (SSSR count). The molecule has 19 heavy (non-hydrogen) atoms. The van der Waals surface area contributed by atoms with Gasteiger partial charge < -0.3 is 9.47 Å². The highest BCUT2D eigenvalue weighted by molar-refractivity contribution is 5.44. The predicted molar refractivity (Wildman–Crippen MR) is 75.8 cm³/mol. The second-order valence-corrected chi connectivity index (χ2v) is 5.49. The van der Waals surface area contributed by atoms with Gasteiger partial charge in [0.05, 0.1) is 0 Å². The van der Waals surface area contributed by atoms with E-state index in [-0.39, 0.29) is 0 Å². The van der Waals surface area contributed by atoms with Crippen LogP contribution in [0.2, 0.25) is 0 Å². The van der Waals surface area contributed by atoms with Crippen LogP contribution in [0.1, 0.15) is 31.4 Å². The van der Waals surface area contributed by atoms with Gasteiger partial charge in [0, 0.05) is 12.6 Å². The number of likely N-dealkylation sites (tertiary alicyclic amines) is 1. The lowest BCUT2D eigenvalue weighted by molar-refractivity contribution is 0.171. The minimum absolute atomic E-state index is 0.493. The molecule has 1 aromatic rings. The van der Waals surface area contributed by atoms with Crippen molar-refractivity contribution in [3.05, 3.63) is 35.9 Å². The molecule has 2 aliphatic rings. The maximum atomic E-state index is 5.68. The molecule has 0 bridgehead atoms. The molecular weight excluding hydrogens is 238 g/mol. The summed E-state index contributed by atoms with van der Waals surface area (Å²) >= 11 is 0. The second-order valence-electron chi connectivity index (χ2n) is 5.49. The summed E-state index contributed by atoms with van der Waals surface area (Å²) in [4.78, 5) is 2.51. The van der Waals surface area contributed by atoms with E-state index in [0.717, 1.165) is 24.6 Å². The predicted octanol–water partition coefficient (Wildman–Crippen LogP) is 3.17. The van der Waals surface area contributed by atoms with Crippen LogP contribution in [-0.4, -0.2) is 31.2 Å². The monoisotopic (exact) mass is 259 g/mol. The van der Waals surface area contributed by atoms with Crippen molar-refractivity contribution >= 4 is 0 Å². The van der Waals surface area contributed by atoms with Crippen LogP contribution in [0.3, 0.4) is 0 Å². The maximum Gasteiger partial charge on any atom is 0.161 e. The molecule has 0 saturated carbocycles. The topological polar surface area (TPSA) is 21.7 Å². The molecule has 1 aromatic carbocycles. The molecule has 1 fully saturated rings. The number of nitrogens with zero attached hydrogens (tertiary/aromatic N) is 1. The fraction of sp³-hybridized carbons (Fsp3) is 0.500. The lowest BCUT2D eigenvalue weighted by Crippen LogP contribution is -2.25. The first-order chi connectivity index (χ1) is 9.24. The number of fused-ring (bicyclic) bond motifs is 1. The van der Waals surface area contributed by atoms with Gasteiger partial charge in [0.25, 0.3) is 0 Å². The van der Waals surface area contributed by atoms with E-state index in [0.29, 0.717) is 19.3 Å². The molecule has 0 radical (unpaired) electrons. The maximum absolute atomic E-state index is 5.68. The Hall–Kier alpha value is -1.48. The Bertz CT molecular complexity index is 484. The Morgan fingerprint density at radius 2 is 2.11 bits per heavy atom. The normalized spacial score (nSPS) is 22.5. The molecule has 3 heteroatoms. The summed E-state index contributed by atoms with van der Waals surface area (Å²) in [6.45, 7) is 9.57. The summed E-state index contributed by atoms with van der Waals surface area (Å²) in [7, 11) is 0.